The minimum atomic E-state index is -0.488. The summed E-state index contributed by atoms with van der Waals surface area (Å²) in [6, 6.07) is 0.473. The molecule has 2 bridgehead atoms. The Hall–Kier alpha value is -2.38. The van der Waals surface area contributed by atoms with Crippen molar-refractivity contribution < 1.29 is 9.53 Å². The Balaban J connectivity index is 1.64. The van der Waals surface area contributed by atoms with Gasteiger partial charge in [0.15, 0.2) is 11.5 Å². The molecule has 2 aliphatic heterocycles. The number of anilines is 1. The fourth-order valence-corrected chi connectivity index (χ4v) is 3.97. The number of amides is 1. The van der Waals surface area contributed by atoms with E-state index in [2.05, 4.69) is 15.0 Å². The topological polar surface area (TPSA) is 99.2 Å². The lowest BCUT2D eigenvalue weighted by Gasteiger charge is -2.28. The molecule has 24 heavy (non-hydrogen) atoms. The fourth-order valence-electron chi connectivity index (χ4n) is 3.97. The number of nitrogens with two attached hydrogens (primary N) is 1. The number of carbonyl (C=O) groups excluding carboxylic acids is 1. The molecule has 2 saturated heterocycles. The first-order valence-electron chi connectivity index (χ1n) is 8.29. The molecule has 2 aliphatic rings. The van der Waals surface area contributed by atoms with E-state index >= 15 is 0 Å². The van der Waals surface area contributed by atoms with Gasteiger partial charge < -0.3 is 19.9 Å². The van der Waals surface area contributed by atoms with Gasteiger partial charge in [0.1, 0.15) is 17.4 Å². The van der Waals surface area contributed by atoms with Gasteiger partial charge in [0.25, 0.3) is 0 Å². The minimum Gasteiger partial charge on any atom is -0.444 e. The summed E-state index contributed by atoms with van der Waals surface area (Å²) < 4.78 is 7.63. The van der Waals surface area contributed by atoms with Crippen LogP contribution in [0.2, 0.25) is 0 Å². The molecule has 2 aromatic heterocycles. The maximum absolute atomic E-state index is 12.6. The second-order valence-electron chi connectivity index (χ2n) is 7.57. The zero-order valence-corrected chi connectivity index (χ0v) is 14.1. The van der Waals surface area contributed by atoms with Crippen LogP contribution in [0.5, 0.6) is 0 Å². The average molecular weight is 330 g/mol. The van der Waals surface area contributed by atoms with Crippen molar-refractivity contribution in [3.05, 3.63) is 12.7 Å². The molecule has 8 nitrogen and oxygen atoms in total. The van der Waals surface area contributed by atoms with Crippen LogP contribution in [0, 0.1) is 0 Å². The number of hydrogen-bond donors (Lipinski definition) is 1. The molecule has 1 amide bonds. The molecule has 0 spiro atoms. The predicted octanol–water partition coefficient (Wildman–Crippen LogP) is 2.12. The highest BCUT2D eigenvalue weighted by Gasteiger charge is 2.50. The van der Waals surface area contributed by atoms with Crippen molar-refractivity contribution >= 4 is 23.1 Å². The fraction of sp³-hybridized carbons (Fsp3) is 0.625. The normalized spacial score (nSPS) is 26.3. The lowest BCUT2D eigenvalue weighted by Crippen LogP contribution is -2.40. The van der Waals surface area contributed by atoms with E-state index in [1.165, 1.54) is 6.33 Å². The lowest BCUT2D eigenvalue weighted by atomic mass is 9.95. The maximum Gasteiger partial charge on any atom is 0.410 e. The van der Waals surface area contributed by atoms with Crippen LogP contribution in [-0.2, 0) is 4.74 Å². The molecule has 0 radical (unpaired) electrons. The van der Waals surface area contributed by atoms with Gasteiger partial charge >= 0.3 is 6.09 Å². The highest BCUT2D eigenvalue weighted by Crippen LogP contribution is 2.45. The van der Waals surface area contributed by atoms with Gasteiger partial charge in [-0.15, -0.1) is 0 Å². The van der Waals surface area contributed by atoms with E-state index in [0.717, 1.165) is 24.9 Å². The molecule has 0 aromatic carbocycles. The Bertz CT molecular complexity index is 795. The summed E-state index contributed by atoms with van der Waals surface area (Å²) in [5.74, 6) is 0.380. The monoisotopic (exact) mass is 330 g/mol. The SMILES string of the molecule is CC(C)(C)OC(=O)N1[C@H]2CC[C@@H]1[C@@H](n1cnc3c(N)ncnc31)C2. The van der Waals surface area contributed by atoms with Crippen molar-refractivity contribution in [3.63, 3.8) is 0 Å². The standard InChI is InChI=1S/C16H22N6O2/c1-16(2,3)24-15(23)22-9-4-5-10(22)11(6-9)21-8-20-12-13(17)18-7-19-14(12)21/h7-11H,4-6H2,1-3H3,(H2,17,18,19)/t9-,10+,11-/m0/s1. The highest BCUT2D eigenvalue weighted by atomic mass is 16.6. The molecule has 3 atom stereocenters. The summed E-state index contributed by atoms with van der Waals surface area (Å²) in [5, 5.41) is 0. The number of nitrogen functional groups attached to an aromatic ring is 1. The van der Waals surface area contributed by atoms with Crippen molar-refractivity contribution in [2.45, 2.75) is 63.8 Å². The Morgan fingerprint density at radius 1 is 1.25 bits per heavy atom. The van der Waals surface area contributed by atoms with E-state index in [1.807, 2.05) is 30.2 Å². The third-order valence-electron chi connectivity index (χ3n) is 4.85. The summed E-state index contributed by atoms with van der Waals surface area (Å²) in [4.78, 5) is 27.2. The van der Waals surface area contributed by atoms with Gasteiger partial charge in [-0.1, -0.05) is 0 Å². The van der Waals surface area contributed by atoms with Crippen LogP contribution in [0.4, 0.5) is 10.6 Å². The average Bonchev–Trinajstić information content (AvgIpc) is 3.17. The van der Waals surface area contributed by atoms with Crippen molar-refractivity contribution in [3.8, 4) is 0 Å². The summed E-state index contributed by atoms with van der Waals surface area (Å²) in [6.07, 6.45) is 5.86. The van der Waals surface area contributed by atoms with Crippen LogP contribution in [0.15, 0.2) is 12.7 Å². The van der Waals surface area contributed by atoms with E-state index in [1.54, 1.807) is 6.33 Å². The lowest BCUT2D eigenvalue weighted by molar-refractivity contribution is 0.0207. The number of nitrogens with zero attached hydrogens (tertiary/aromatic N) is 5. The van der Waals surface area contributed by atoms with Crippen LogP contribution in [0.1, 0.15) is 46.1 Å². The van der Waals surface area contributed by atoms with Crippen molar-refractivity contribution in [2.75, 3.05) is 5.73 Å². The number of ether oxygens (including phenoxy) is 1. The highest BCUT2D eigenvalue weighted by molar-refractivity contribution is 5.81. The van der Waals surface area contributed by atoms with Gasteiger partial charge in [-0.2, -0.15) is 0 Å². The Morgan fingerprint density at radius 2 is 2.04 bits per heavy atom. The van der Waals surface area contributed by atoms with E-state index in [9.17, 15) is 4.79 Å². The van der Waals surface area contributed by atoms with Gasteiger partial charge in [0.05, 0.1) is 18.4 Å². The quantitative estimate of drug-likeness (QED) is 0.860. The second-order valence-corrected chi connectivity index (χ2v) is 7.57. The van der Waals surface area contributed by atoms with E-state index in [-0.39, 0.29) is 24.2 Å². The van der Waals surface area contributed by atoms with Gasteiger partial charge in [-0.3, -0.25) is 0 Å². The van der Waals surface area contributed by atoms with Crippen LogP contribution >= 0.6 is 0 Å². The van der Waals surface area contributed by atoms with Crippen molar-refractivity contribution in [2.24, 2.45) is 0 Å². The zero-order chi connectivity index (χ0) is 17.1. The molecular formula is C16H22N6O2. The van der Waals surface area contributed by atoms with E-state index in [0.29, 0.717) is 11.3 Å². The van der Waals surface area contributed by atoms with Crippen molar-refractivity contribution in [1.82, 2.24) is 24.4 Å². The van der Waals surface area contributed by atoms with Gasteiger partial charge in [0.2, 0.25) is 0 Å². The van der Waals surface area contributed by atoms with E-state index in [4.69, 9.17) is 10.5 Å². The van der Waals surface area contributed by atoms with Crippen LogP contribution in [0.3, 0.4) is 0 Å². The summed E-state index contributed by atoms with van der Waals surface area (Å²) in [5.41, 5.74) is 6.73. The maximum atomic E-state index is 12.6. The third-order valence-corrected chi connectivity index (χ3v) is 4.85. The molecule has 4 rings (SSSR count). The van der Waals surface area contributed by atoms with Crippen LogP contribution in [-0.4, -0.2) is 48.2 Å². The molecule has 8 heteroatoms. The number of aromatic nitrogens is 4. The van der Waals surface area contributed by atoms with Crippen molar-refractivity contribution in [1.29, 1.82) is 0 Å². The summed E-state index contributed by atoms with van der Waals surface area (Å²) in [7, 11) is 0. The number of fused-ring (bicyclic) bond motifs is 3. The second kappa shape index (κ2) is 5.06. The Kier molecular flexibility index (Phi) is 3.20. The molecule has 0 saturated carbocycles. The molecule has 2 aromatic rings. The molecule has 128 valence electrons. The first-order chi connectivity index (χ1) is 11.3. The first-order valence-corrected chi connectivity index (χ1v) is 8.29. The smallest absolute Gasteiger partial charge is 0.410 e. The predicted molar refractivity (Wildman–Crippen MR) is 88.3 cm³/mol. The number of imidazole rings is 1. The van der Waals surface area contributed by atoms with Gasteiger partial charge in [0, 0.05) is 6.04 Å². The Labute approximate surface area is 140 Å². The van der Waals surface area contributed by atoms with Crippen LogP contribution in [0.25, 0.3) is 11.2 Å². The molecule has 2 fully saturated rings. The zero-order valence-electron chi connectivity index (χ0n) is 14.1. The number of hydrogen-bond acceptors (Lipinski definition) is 6. The molecular weight excluding hydrogens is 308 g/mol. The molecule has 0 aliphatic carbocycles. The minimum absolute atomic E-state index is 0.110. The Morgan fingerprint density at radius 3 is 2.79 bits per heavy atom. The van der Waals surface area contributed by atoms with Crippen LogP contribution < -0.4 is 5.73 Å². The van der Waals surface area contributed by atoms with Gasteiger partial charge in [-0.05, 0) is 40.0 Å². The van der Waals surface area contributed by atoms with E-state index < -0.39 is 5.60 Å². The summed E-state index contributed by atoms with van der Waals surface area (Å²) >= 11 is 0. The largest absolute Gasteiger partial charge is 0.444 e. The number of rotatable bonds is 1. The summed E-state index contributed by atoms with van der Waals surface area (Å²) in [6.45, 7) is 5.68. The number of carbonyl (C=O) groups is 1. The molecule has 0 unspecified atom stereocenters. The molecule has 2 N–H and O–H groups in total. The first kappa shape index (κ1) is 15.2. The molecule has 4 heterocycles. The van der Waals surface area contributed by atoms with Gasteiger partial charge in [-0.25, -0.2) is 19.7 Å². The third kappa shape index (κ3) is 2.28.